The lowest BCUT2D eigenvalue weighted by molar-refractivity contribution is -0.139. The van der Waals surface area contributed by atoms with Crippen LogP contribution in [-0.2, 0) is 9.53 Å². The van der Waals surface area contributed by atoms with E-state index in [0.29, 0.717) is 12.2 Å². The lowest BCUT2D eigenvalue weighted by Crippen LogP contribution is -2.22. The Bertz CT molecular complexity index is 233. The zero-order valence-corrected chi connectivity index (χ0v) is 8.30. The number of carbonyl (C=O) groups is 1. The lowest BCUT2D eigenvalue weighted by atomic mass is 9.87. The Morgan fingerprint density at radius 3 is 2.92 bits per heavy atom. The molecule has 0 aromatic heterocycles. The van der Waals surface area contributed by atoms with Gasteiger partial charge in [-0.05, 0) is 32.1 Å². The molecule has 0 heterocycles. The molecule has 2 N–H and O–H groups in total. The maximum Gasteiger partial charge on any atom is 0.336 e. The summed E-state index contributed by atoms with van der Waals surface area (Å²) >= 11 is 0. The highest BCUT2D eigenvalue weighted by Gasteiger charge is 2.24. The number of hydrogen-bond acceptors (Lipinski definition) is 3. The molecule has 0 bridgehead atoms. The lowest BCUT2D eigenvalue weighted by Gasteiger charge is -2.22. The molecule has 0 saturated heterocycles. The summed E-state index contributed by atoms with van der Waals surface area (Å²) in [5.74, 6) is 0.0278. The Kier molecular flexibility index (Phi) is 3.34. The molecule has 0 spiro atoms. The largest absolute Gasteiger partial charge is 0.463 e. The standard InChI is InChI=1S/C10H17NO2/c1-3-13-10(12)9-7(2)5-4-6-8(9)11/h7H,3-6,11H2,1-2H3. The van der Waals surface area contributed by atoms with Crippen LogP contribution in [0.3, 0.4) is 0 Å². The minimum absolute atomic E-state index is 0.229. The van der Waals surface area contributed by atoms with Crippen LogP contribution in [-0.4, -0.2) is 12.6 Å². The molecule has 1 atom stereocenters. The van der Waals surface area contributed by atoms with Crippen LogP contribution in [0.25, 0.3) is 0 Å². The highest BCUT2D eigenvalue weighted by atomic mass is 16.5. The van der Waals surface area contributed by atoms with Gasteiger partial charge in [0.2, 0.25) is 0 Å². The van der Waals surface area contributed by atoms with Crippen molar-refractivity contribution in [2.24, 2.45) is 11.7 Å². The summed E-state index contributed by atoms with van der Waals surface area (Å²) in [4.78, 5) is 11.5. The third-order valence-corrected chi connectivity index (χ3v) is 2.42. The van der Waals surface area contributed by atoms with E-state index in [1.807, 2.05) is 13.8 Å². The second-order valence-electron chi connectivity index (χ2n) is 3.45. The van der Waals surface area contributed by atoms with Gasteiger partial charge < -0.3 is 10.5 Å². The van der Waals surface area contributed by atoms with Gasteiger partial charge >= 0.3 is 5.97 Å². The summed E-state index contributed by atoms with van der Waals surface area (Å²) in [5.41, 5.74) is 7.20. The number of carbonyl (C=O) groups excluding carboxylic acids is 1. The molecular weight excluding hydrogens is 166 g/mol. The fourth-order valence-electron chi connectivity index (χ4n) is 1.74. The van der Waals surface area contributed by atoms with Crippen molar-refractivity contribution in [1.29, 1.82) is 0 Å². The predicted molar refractivity (Wildman–Crippen MR) is 50.9 cm³/mol. The van der Waals surface area contributed by atoms with E-state index in [1.165, 1.54) is 0 Å². The van der Waals surface area contributed by atoms with Crippen LogP contribution >= 0.6 is 0 Å². The van der Waals surface area contributed by atoms with E-state index >= 15 is 0 Å². The average Bonchev–Trinajstić information content (AvgIpc) is 2.04. The van der Waals surface area contributed by atoms with E-state index < -0.39 is 0 Å². The van der Waals surface area contributed by atoms with Crippen molar-refractivity contribution in [3.05, 3.63) is 11.3 Å². The molecule has 0 radical (unpaired) electrons. The van der Waals surface area contributed by atoms with Crippen LogP contribution in [0.4, 0.5) is 0 Å². The predicted octanol–water partition coefficient (Wildman–Crippen LogP) is 1.58. The number of ether oxygens (including phenoxy) is 1. The van der Waals surface area contributed by atoms with Crippen LogP contribution in [0.2, 0.25) is 0 Å². The molecule has 74 valence electrons. The maximum atomic E-state index is 11.5. The second kappa shape index (κ2) is 4.30. The number of allylic oxidation sites excluding steroid dienone is 1. The summed E-state index contributed by atoms with van der Waals surface area (Å²) in [6.07, 6.45) is 2.95. The van der Waals surface area contributed by atoms with E-state index in [-0.39, 0.29) is 11.9 Å². The van der Waals surface area contributed by atoms with Crippen LogP contribution in [0.5, 0.6) is 0 Å². The minimum Gasteiger partial charge on any atom is -0.463 e. The molecule has 1 unspecified atom stereocenters. The SMILES string of the molecule is CCOC(=O)C1=C(N)CCCC1C. The van der Waals surface area contributed by atoms with Crippen LogP contribution in [0.1, 0.15) is 33.1 Å². The number of hydrogen-bond donors (Lipinski definition) is 1. The van der Waals surface area contributed by atoms with Crippen molar-refractivity contribution < 1.29 is 9.53 Å². The average molecular weight is 183 g/mol. The molecule has 1 aliphatic carbocycles. The first-order chi connectivity index (χ1) is 6.16. The van der Waals surface area contributed by atoms with Gasteiger partial charge in [-0.25, -0.2) is 4.79 Å². The highest BCUT2D eigenvalue weighted by molar-refractivity contribution is 5.89. The smallest absolute Gasteiger partial charge is 0.336 e. The number of nitrogens with two attached hydrogens (primary N) is 1. The first kappa shape index (κ1) is 10.1. The molecule has 3 heteroatoms. The molecular formula is C10H17NO2. The third kappa shape index (κ3) is 2.23. The molecule has 0 aromatic carbocycles. The maximum absolute atomic E-state index is 11.5. The summed E-state index contributed by atoms with van der Waals surface area (Å²) in [6, 6.07) is 0. The van der Waals surface area contributed by atoms with Gasteiger partial charge in [-0.15, -0.1) is 0 Å². The van der Waals surface area contributed by atoms with E-state index in [9.17, 15) is 4.79 Å². The van der Waals surface area contributed by atoms with E-state index in [0.717, 1.165) is 25.0 Å². The molecule has 3 nitrogen and oxygen atoms in total. The fourth-order valence-corrected chi connectivity index (χ4v) is 1.74. The molecule has 0 amide bonds. The molecule has 0 saturated carbocycles. The van der Waals surface area contributed by atoms with Crippen molar-refractivity contribution in [2.75, 3.05) is 6.61 Å². The van der Waals surface area contributed by atoms with Crippen molar-refractivity contribution in [3.63, 3.8) is 0 Å². The molecule has 13 heavy (non-hydrogen) atoms. The van der Waals surface area contributed by atoms with Gasteiger partial charge in [-0.1, -0.05) is 6.92 Å². The monoisotopic (exact) mass is 183 g/mol. The van der Waals surface area contributed by atoms with Gasteiger partial charge in [0.15, 0.2) is 0 Å². The second-order valence-corrected chi connectivity index (χ2v) is 3.45. The van der Waals surface area contributed by atoms with Crippen molar-refractivity contribution in [1.82, 2.24) is 0 Å². The zero-order valence-electron chi connectivity index (χ0n) is 8.30. The topological polar surface area (TPSA) is 52.3 Å². The number of esters is 1. The van der Waals surface area contributed by atoms with Crippen LogP contribution in [0, 0.1) is 5.92 Å². The third-order valence-electron chi connectivity index (χ3n) is 2.42. The van der Waals surface area contributed by atoms with Gasteiger partial charge in [0.05, 0.1) is 12.2 Å². The zero-order chi connectivity index (χ0) is 9.84. The number of rotatable bonds is 2. The quantitative estimate of drug-likeness (QED) is 0.661. The summed E-state index contributed by atoms with van der Waals surface area (Å²) in [5, 5.41) is 0. The molecule has 0 aliphatic heterocycles. The van der Waals surface area contributed by atoms with E-state index in [1.54, 1.807) is 0 Å². The normalized spacial score (nSPS) is 23.1. The van der Waals surface area contributed by atoms with Crippen molar-refractivity contribution in [3.8, 4) is 0 Å². The Morgan fingerprint density at radius 1 is 1.69 bits per heavy atom. The van der Waals surface area contributed by atoms with Gasteiger partial charge in [-0.3, -0.25) is 0 Å². The molecule has 1 rings (SSSR count). The van der Waals surface area contributed by atoms with Crippen molar-refractivity contribution in [2.45, 2.75) is 33.1 Å². The fraction of sp³-hybridized carbons (Fsp3) is 0.700. The minimum atomic E-state index is -0.229. The van der Waals surface area contributed by atoms with Crippen molar-refractivity contribution >= 4 is 5.97 Å². The summed E-state index contributed by atoms with van der Waals surface area (Å²) in [6.45, 7) is 4.25. The molecule has 1 aliphatic rings. The van der Waals surface area contributed by atoms with Gasteiger partial charge in [-0.2, -0.15) is 0 Å². The molecule has 0 fully saturated rings. The van der Waals surface area contributed by atoms with E-state index in [2.05, 4.69) is 0 Å². The van der Waals surface area contributed by atoms with Gasteiger partial charge in [0, 0.05) is 5.70 Å². The Hall–Kier alpha value is -0.990. The Balaban J connectivity index is 2.78. The molecule has 0 aromatic rings. The summed E-state index contributed by atoms with van der Waals surface area (Å²) < 4.78 is 4.95. The summed E-state index contributed by atoms with van der Waals surface area (Å²) in [7, 11) is 0. The first-order valence-corrected chi connectivity index (χ1v) is 4.82. The Morgan fingerprint density at radius 2 is 2.38 bits per heavy atom. The van der Waals surface area contributed by atoms with Crippen LogP contribution < -0.4 is 5.73 Å². The Labute approximate surface area is 78.9 Å². The highest BCUT2D eigenvalue weighted by Crippen LogP contribution is 2.27. The first-order valence-electron chi connectivity index (χ1n) is 4.82. The van der Waals surface area contributed by atoms with E-state index in [4.69, 9.17) is 10.5 Å². The van der Waals surface area contributed by atoms with Gasteiger partial charge in [0.25, 0.3) is 0 Å². The van der Waals surface area contributed by atoms with Crippen LogP contribution in [0.15, 0.2) is 11.3 Å². The van der Waals surface area contributed by atoms with Gasteiger partial charge in [0.1, 0.15) is 0 Å².